The Balaban J connectivity index is 2.00. The van der Waals surface area contributed by atoms with Crippen molar-refractivity contribution in [1.29, 1.82) is 0 Å². The predicted molar refractivity (Wildman–Crippen MR) is 104 cm³/mol. The van der Waals surface area contributed by atoms with Crippen LogP contribution in [0.3, 0.4) is 0 Å². The summed E-state index contributed by atoms with van der Waals surface area (Å²) < 4.78 is 5.93. The molecule has 8 nitrogen and oxygen atoms in total. The summed E-state index contributed by atoms with van der Waals surface area (Å²) in [7, 11) is 1.55. The van der Waals surface area contributed by atoms with E-state index < -0.39 is 28.1 Å². The van der Waals surface area contributed by atoms with Crippen molar-refractivity contribution in [2.24, 2.45) is 0 Å². The summed E-state index contributed by atoms with van der Waals surface area (Å²) in [6, 6.07) is 9.01. The lowest BCUT2D eigenvalue weighted by Crippen LogP contribution is -2.34. The Bertz CT molecular complexity index is 967. The normalized spacial score (nSPS) is 16.1. The van der Waals surface area contributed by atoms with E-state index in [0.29, 0.717) is 18.0 Å². The molecule has 0 N–H and O–H groups in total. The van der Waals surface area contributed by atoms with Gasteiger partial charge in [0.15, 0.2) is 0 Å². The molecular formula is C18H14BrN2O6S-. The number of carbonyl (C=O) groups is 2. The molecule has 1 atom stereocenters. The standard InChI is InChI=1S/C18H15BrN2O6S/c1-27-14-6-5-10(9-12(14)19)17-20(7-8-28-17)16(22)11-3-2-4-13(21(25)26)15(11)18(23)24/h2-6,9,17H,7-8H2,1H3,(H,23,24)/p-1. The lowest BCUT2D eigenvalue weighted by molar-refractivity contribution is -0.385. The Kier molecular flexibility index (Phi) is 5.90. The van der Waals surface area contributed by atoms with Gasteiger partial charge in [0.05, 0.1) is 33.6 Å². The van der Waals surface area contributed by atoms with E-state index in [2.05, 4.69) is 15.9 Å². The van der Waals surface area contributed by atoms with Crippen molar-refractivity contribution in [2.45, 2.75) is 5.37 Å². The second kappa shape index (κ2) is 8.19. The minimum Gasteiger partial charge on any atom is -0.545 e. The topological polar surface area (TPSA) is 113 Å². The van der Waals surface area contributed by atoms with Crippen LogP contribution in [0.15, 0.2) is 40.9 Å². The highest BCUT2D eigenvalue weighted by atomic mass is 79.9. The van der Waals surface area contributed by atoms with Gasteiger partial charge in [0.25, 0.3) is 11.6 Å². The monoisotopic (exact) mass is 465 g/mol. The van der Waals surface area contributed by atoms with Gasteiger partial charge < -0.3 is 19.5 Å². The quantitative estimate of drug-likeness (QED) is 0.492. The molecular weight excluding hydrogens is 452 g/mol. The maximum Gasteiger partial charge on any atom is 0.279 e. The van der Waals surface area contributed by atoms with Gasteiger partial charge in [-0.15, -0.1) is 11.8 Å². The highest BCUT2D eigenvalue weighted by molar-refractivity contribution is 9.10. The number of nitro groups is 1. The largest absolute Gasteiger partial charge is 0.545 e. The van der Waals surface area contributed by atoms with Crippen molar-refractivity contribution >= 4 is 45.3 Å². The Morgan fingerprint density at radius 3 is 2.68 bits per heavy atom. The van der Waals surface area contributed by atoms with Gasteiger partial charge >= 0.3 is 0 Å². The average Bonchev–Trinajstić information content (AvgIpc) is 3.16. The molecule has 1 amide bonds. The fraction of sp³-hybridized carbons (Fsp3) is 0.222. The Morgan fingerprint density at radius 2 is 2.07 bits per heavy atom. The number of amides is 1. The number of rotatable bonds is 5. The highest BCUT2D eigenvalue weighted by Crippen LogP contribution is 2.41. The van der Waals surface area contributed by atoms with E-state index in [1.807, 2.05) is 12.1 Å². The Morgan fingerprint density at radius 1 is 1.32 bits per heavy atom. The molecule has 0 bridgehead atoms. The van der Waals surface area contributed by atoms with E-state index >= 15 is 0 Å². The molecule has 146 valence electrons. The van der Waals surface area contributed by atoms with E-state index in [9.17, 15) is 24.8 Å². The molecule has 3 rings (SSSR count). The zero-order valence-corrected chi connectivity index (χ0v) is 17.0. The van der Waals surface area contributed by atoms with Crippen molar-refractivity contribution in [2.75, 3.05) is 19.4 Å². The SMILES string of the molecule is COc1ccc(C2SCCN2C(=O)c2cccc([N+](=O)[O-])c2C(=O)[O-])cc1Br. The third-order valence-corrected chi connectivity index (χ3v) is 6.17. The lowest BCUT2D eigenvalue weighted by Gasteiger charge is -2.25. The number of carboxylic acids is 1. The molecule has 1 unspecified atom stereocenters. The number of hydrogen-bond donors (Lipinski definition) is 0. The number of hydrogen-bond acceptors (Lipinski definition) is 7. The van der Waals surface area contributed by atoms with Crippen LogP contribution in [0.4, 0.5) is 5.69 Å². The van der Waals surface area contributed by atoms with Crippen molar-refractivity contribution < 1.29 is 24.4 Å². The minimum absolute atomic E-state index is 0.255. The number of carbonyl (C=O) groups excluding carboxylic acids is 2. The van der Waals surface area contributed by atoms with Gasteiger partial charge in [-0.3, -0.25) is 14.9 Å². The average molecular weight is 466 g/mol. The van der Waals surface area contributed by atoms with Gasteiger partial charge in [-0.25, -0.2) is 0 Å². The van der Waals surface area contributed by atoms with Crippen molar-refractivity contribution in [3.63, 3.8) is 0 Å². The van der Waals surface area contributed by atoms with Crippen LogP contribution in [-0.4, -0.2) is 41.1 Å². The molecule has 1 aliphatic heterocycles. The summed E-state index contributed by atoms with van der Waals surface area (Å²) in [5, 5.41) is 22.3. The number of nitro benzene ring substituents is 1. The van der Waals surface area contributed by atoms with Crippen molar-refractivity contribution in [3.8, 4) is 5.75 Å². The summed E-state index contributed by atoms with van der Waals surface area (Å²) >= 11 is 4.93. The van der Waals surface area contributed by atoms with E-state index in [-0.39, 0.29) is 10.9 Å². The minimum atomic E-state index is -1.76. The first-order valence-corrected chi connectivity index (χ1v) is 9.94. The molecule has 0 aromatic heterocycles. The fourth-order valence-electron chi connectivity index (χ4n) is 3.03. The van der Waals surface area contributed by atoms with Gasteiger partial charge in [-0.05, 0) is 39.7 Å². The number of ether oxygens (including phenoxy) is 1. The van der Waals surface area contributed by atoms with Crippen LogP contribution in [0, 0.1) is 10.1 Å². The molecule has 10 heteroatoms. The first-order valence-electron chi connectivity index (χ1n) is 8.10. The number of benzene rings is 2. The number of halogens is 1. The zero-order chi connectivity index (χ0) is 20.4. The smallest absolute Gasteiger partial charge is 0.279 e. The van der Waals surface area contributed by atoms with Crippen LogP contribution >= 0.6 is 27.7 Å². The lowest BCUT2D eigenvalue weighted by atomic mass is 10.0. The van der Waals surface area contributed by atoms with E-state index in [1.54, 1.807) is 13.2 Å². The molecule has 1 saturated heterocycles. The maximum absolute atomic E-state index is 13.1. The molecule has 0 spiro atoms. The first kappa shape index (κ1) is 20.2. The van der Waals surface area contributed by atoms with Crippen molar-refractivity contribution in [1.82, 2.24) is 4.90 Å². The second-order valence-corrected chi connectivity index (χ2v) is 7.90. The van der Waals surface area contributed by atoms with Gasteiger partial charge in [-0.1, -0.05) is 12.1 Å². The molecule has 0 saturated carbocycles. The van der Waals surface area contributed by atoms with Crippen LogP contribution in [0.2, 0.25) is 0 Å². The number of aromatic carboxylic acids is 1. The summed E-state index contributed by atoms with van der Waals surface area (Å²) in [6.07, 6.45) is 0. The third kappa shape index (κ3) is 3.69. The molecule has 2 aromatic rings. The summed E-state index contributed by atoms with van der Waals surface area (Å²) in [6.45, 7) is 0.382. The molecule has 1 aliphatic rings. The van der Waals surface area contributed by atoms with E-state index in [4.69, 9.17) is 4.74 Å². The van der Waals surface area contributed by atoms with E-state index in [0.717, 1.165) is 16.1 Å². The summed E-state index contributed by atoms with van der Waals surface area (Å²) in [5.74, 6) is -1.06. The van der Waals surface area contributed by atoms with Gasteiger partial charge in [0.2, 0.25) is 0 Å². The molecule has 1 fully saturated rings. The van der Waals surface area contributed by atoms with Crippen molar-refractivity contribution in [3.05, 3.63) is 67.7 Å². The van der Waals surface area contributed by atoms with Crippen LogP contribution in [-0.2, 0) is 0 Å². The maximum atomic E-state index is 13.1. The summed E-state index contributed by atoms with van der Waals surface area (Å²) in [4.78, 5) is 36.5. The number of methoxy groups -OCH3 is 1. The molecule has 28 heavy (non-hydrogen) atoms. The van der Waals surface area contributed by atoms with Crippen LogP contribution in [0.1, 0.15) is 31.7 Å². The highest BCUT2D eigenvalue weighted by Gasteiger charge is 2.34. The van der Waals surface area contributed by atoms with Crippen LogP contribution in [0.25, 0.3) is 0 Å². The second-order valence-electron chi connectivity index (χ2n) is 5.86. The molecule has 2 aromatic carbocycles. The van der Waals surface area contributed by atoms with Gasteiger partial charge in [-0.2, -0.15) is 0 Å². The number of thioether (sulfide) groups is 1. The molecule has 0 aliphatic carbocycles. The van der Waals surface area contributed by atoms with Crippen LogP contribution < -0.4 is 9.84 Å². The van der Waals surface area contributed by atoms with Gasteiger partial charge in [0, 0.05) is 18.4 Å². The molecule has 1 heterocycles. The third-order valence-electron chi connectivity index (χ3n) is 4.29. The number of nitrogens with zero attached hydrogens (tertiary/aromatic N) is 2. The first-order chi connectivity index (χ1) is 13.3. The van der Waals surface area contributed by atoms with Crippen LogP contribution in [0.5, 0.6) is 5.75 Å². The molecule has 0 radical (unpaired) electrons. The summed E-state index contributed by atoms with van der Waals surface area (Å²) in [5.41, 5.74) is -0.802. The Labute approximate surface area is 172 Å². The van der Waals surface area contributed by atoms with E-state index in [1.165, 1.54) is 28.8 Å². The fourth-order valence-corrected chi connectivity index (χ4v) is 4.83. The number of carboxylic acid groups (broad SMARTS) is 1. The Hall–Kier alpha value is -2.59. The zero-order valence-electron chi connectivity index (χ0n) is 14.6. The van der Waals surface area contributed by atoms with Gasteiger partial charge in [0.1, 0.15) is 11.1 Å². The predicted octanol–water partition coefficient (Wildman–Crippen LogP) is 2.62.